The van der Waals surface area contributed by atoms with Gasteiger partial charge in [-0.05, 0) is 30.7 Å². The lowest BCUT2D eigenvalue weighted by Gasteiger charge is -2.04. The van der Waals surface area contributed by atoms with Crippen LogP contribution in [0.15, 0.2) is 53.6 Å². The predicted molar refractivity (Wildman–Crippen MR) is 65.5 cm³/mol. The van der Waals surface area contributed by atoms with Gasteiger partial charge in [0.1, 0.15) is 0 Å². The van der Waals surface area contributed by atoms with Gasteiger partial charge >= 0.3 is 0 Å². The maximum absolute atomic E-state index is 12.1. The van der Waals surface area contributed by atoms with E-state index in [1.54, 1.807) is 6.20 Å². The van der Waals surface area contributed by atoms with Crippen molar-refractivity contribution in [1.29, 1.82) is 0 Å². The molecular weight excluding hydrogens is 218 g/mol. The van der Waals surface area contributed by atoms with Crippen LogP contribution in [0, 0.1) is 6.92 Å². The first kappa shape index (κ1) is 11.0. The lowest BCUT2D eigenvalue weighted by atomic mass is 10.2. The van der Waals surface area contributed by atoms with Gasteiger partial charge < -0.3 is 0 Å². The molecule has 0 amide bonds. The summed E-state index contributed by atoms with van der Waals surface area (Å²) in [6.07, 6.45) is 1.73. The van der Waals surface area contributed by atoms with E-state index in [2.05, 4.69) is 4.98 Å². The molecule has 0 fully saturated rings. The van der Waals surface area contributed by atoms with Crippen LogP contribution in [0.3, 0.4) is 0 Å². The fraction of sp³-hybridized carbons (Fsp3) is 0.154. The van der Waals surface area contributed by atoms with Crippen molar-refractivity contribution in [3.8, 4) is 0 Å². The molecule has 0 bridgehead atoms. The zero-order valence-corrected chi connectivity index (χ0v) is 9.91. The van der Waals surface area contributed by atoms with Crippen LogP contribution < -0.4 is 0 Å². The Labute approximate surface area is 97.8 Å². The molecule has 0 saturated heterocycles. The molecule has 0 aliphatic rings. The van der Waals surface area contributed by atoms with Crippen molar-refractivity contribution >= 4 is 10.8 Å². The van der Waals surface area contributed by atoms with Gasteiger partial charge in [-0.3, -0.25) is 9.19 Å². The van der Waals surface area contributed by atoms with Gasteiger partial charge in [0.15, 0.2) is 0 Å². The number of rotatable bonds is 3. The minimum Gasteiger partial charge on any atom is -0.260 e. The second kappa shape index (κ2) is 5.03. The summed E-state index contributed by atoms with van der Waals surface area (Å²) in [5, 5.41) is 0. The topological polar surface area (TPSA) is 30.0 Å². The van der Waals surface area contributed by atoms with Gasteiger partial charge in [-0.1, -0.05) is 24.3 Å². The van der Waals surface area contributed by atoms with Gasteiger partial charge in [0, 0.05) is 11.1 Å². The lowest BCUT2D eigenvalue weighted by Crippen LogP contribution is -2.00. The molecule has 82 valence electrons. The molecule has 0 saturated carbocycles. The first-order valence-electron chi connectivity index (χ1n) is 5.11. The number of hydrogen-bond donors (Lipinski definition) is 0. The molecular formula is C13H13NOS. The van der Waals surface area contributed by atoms with Crippen molar-refractivity contribution in [3.63, 3.8) is 0 Å². The molecule has 0 radical (unpaired) electrons. The highest BCUT2D eigenvalue weighted by molar-refractivity contribution is 7.84. The zero-order chi connectivity index (χ0) is 11.4. The number of pyridine rings is 1. The maximum Gasteiger partial charge on any atom is 0.0705 e. The molecule has 3 heteroatoms. The second-order valence-electron chi connectivity index (χ2n) is 3.58. The Balaban J connectivity index is 2.19. The molecule has 0 N–H and O–H groups in total. The number of hydrogen-bond acceptors (Lipinski definition) is 2. The molecule has 1 aromatic carbocycles. The van der Waals surface area contributed by atoms with E-state index >= 15 is 0 Å². The Bertz CT molecular complexity index is 496. The van der Waals surface area contributed by atoms with Crippen LogP contribution in [0.25, 0.3) is 0 Å². The van der Waals surface area contributed by atoms with E-state index in [0.717, 1.165) is 16.2 Å². The quantitative estimate of drug-likeness (QED) is 0.813. The van der Waals surface area contributed by atoms with Crippen LogP contribution in [-0.4, -0.2) is 9.19 Å². The normalized spacial score (nSPS) is 12.3. The Hall–Kier alpha value is -1.48. The minimum atomic E-state index is -1.01. The number of nitrogens with zero attached hydrogens (tertiary/aromatic N) is 1. The number of benzene rings is 1. The Morgan fingerprint density at radius 2 is 1.88 bits per heavy atom. The molecule has 1 unspecified atom stereocenters. The minimum absolute atomic E-state index is 0.478. The summed E-state index contributed by atoms with van der Waals surface area (Å²) in [6, 6.07) is 13.4. The van der Waals surface area contributed by atoms with Gasteiger partial charge in [-0.2, -0.15) is 0 Å². The van der Waals surface area contributed by atoms with Crippen LogP contribution in [0.5, 0.6) is 0 Å². The smallest absolute Gasteiger partial charge is 0.0705 e. The molecule has 1 atom stereocenters. The summed E-state index contributed by atoms with van der Waals surface area (Å²) in [5.41, 5.74) is 1.93. The first-order valence-corrected chi connectivity index (χ1v) is 6.43. The van der Waals surface area contributed by atoms with Crippen molar-refractivity contribution in [2.45, 2.75) is 17.6 Å². The standard InChI is InChI=1S/C13H13NOS/c1-11-6-2-3-8-13(11)16(15)10-12-7-4-5-9-14-12/h2-9H,10H2,1H3. The lowest BCUT2D eigenvalue weighted by molar-refractivity contribution is 0.681. The monoisotopic (exact) mass is 231 g/mol. The van der Waals surface area contributed by atoms with Gasteiger partial charge in [-0.15, -0.1) is 0 Å². The highest BCUT2D eigenvalue weighted by Crippen LogP contribution is 2.15. The van der Waals surface area contributed by atoms with Crippen LogP contribution in [0.4, 0.5) is 0 Å². The van der Waals surface area contributed by atoms with E-state index in [1.807, 2.05) is 49.4 Å². The Morgan fingerprint density at radius 1 is 1.12 bits per heavy atom. The van der Waals surface area contributed by atoms with Crippen molar-refractivity contribution in [2.75, 3.05) is 0 Å². The van der Waals surface area contributed by atoms with E-state index in [-0.39, 0.29) is 0 Å². The Morgan fingerprint density at radius 3 is 2.56 bits per heavy atom. The van der Waals surface area contributed by atoms with E-state index in [1.165, 1.54) is 0 Å². The molecule has 1 aromatic heterocycles. The fourth-order valence-electron chi connectivity index (χ4n) is 1.51. The fourth-order valence-corrected chi connectivity index (χ4v) is 2.76. The third-order valence-electron chi connectivity index (χ3n) is 2.34. The van der Waals surface area contributed by atoms with Crippen LogP contribution in [-0.2, 0) is 16.6 Å². The van der Waals surface area contributed by atoms with Crippen LogP contribution in [0.2, 0.25) is 0 Å². The summed E-state index contributed by atoms with van der Waals surface area (Å²) in [7, 11) is -1.01. The predicted octanol–water partition coefficient (Wildman–Crippen LogP) is 2.70. The van der Waals surface area contributed by atoms with E-state index in [4.69, 9.17) is 0 Å². The van der Waals surface area contributed by atoms with E-state index < -0.39 is 10.8 Å². The third-order valence-corrected chi connectivity index (χ3v) is 3.85. The maximum atomic E-state index is 12.1. The average Bonchev–Trinajstić information content (AvgIpc) is 2.31. The SMILES string of the molecule is Cc1ccccc1S(=O)Cc1ccccn1. The molecule has 0 aliphatic carbocycles. The molecule has 0 spiro atoms. The molecule has 2 rings (SSSR count). The average molecular weight is 231 g/mol. The van der Waals surface area contributed by atoms with E-state index in [0.29, 0.717) is 5.75 Å². The van der Waals surface area contributed by atoms with Crippen LogP contribution >= 0.6 is 0 Å². The summed E-state index contributed by atoms with van der Waals surface area (Å²) in [4.78, 5) is 5.08. The van der Waals surface area contributed by atoms with Crippen molar-refractivity contribution in [1.82, 2.24) is 4.98 Å². The molecule has 2 aromatic rings. The van der Waals surface area contributed by atoms with E-state index in [9.17, 15) is 4.21 Å². The Kier molecular flexibility index (Phi) is 3.47. The molecule has 1 heterocycles. The summed E-state index contributed by atoms with van der Waals surface area (Å²) < 4.78 is 12.1. The van der Waals surface area contributed by atoms with Gasteiger partial charge in [0.25, 0.3) is 0 Å². The van der Waals surface area contributed by atoms with Crippen molar-refractivity contribution in [2.24, 2.45) is 0 Å². The summed E-state index contributed by atoms with van der Waals surface area (Å²) in [5.74, 6) is 0.478. The third kappa shape index (κ3) is 2.55. The molecule has 2 nitrogen and oxygen atoms in total. The highest BCUT2D eigenvalue weighted by atomic mass is 32.2. The molecule has 16 heavy (non-hydrogen) atoms. The van der Waals surface area contributed by atoms with Crippen molar-refractivity contribution in [3.05, 3.63) is 59.9 Å². The molecule has 0 aliphatic heterocycles. The van der Waals surface area contributed by atoms with Gasteiger partial charge in [0.05, 0.1) is 22.2 Å². The summed E-state index contributed by atoms with van der Waals surface area (Å²) in [6.45, 7) is 1.98. The number of aromatic nitrogens is 1. The highest BCUT2D eigenvalue weighted by Gasteiger charge is 2.07. The largest absolute Gasteiger partial charge is 0.260 e. The van der Waals surface area contributed by atoms with Crippen molar-refractivity contribution < 1.29 is 4.21 Å². The number of aryl methyl sites for hydroxylation is 1. The van der Waals surface area contributed by atoms with Gasteiger partial charge in [-0.25, -0.2) is 0 Å². The second-order valence-corrected chi connectivity index (χ2v) is 5.00. The van der Waals surface area contributed by atoms with Gasteiger partial charge in [0.2, 0.25) is 0 Å². The van der Waals surface area contributed by atoms with Crippen LogP contribution in [0.1, 0.15) is 11.3 Å². The zero-order valence-electron chi connectivity index (χ0n) is 9.09. The summed E-state index contributed by atoms with van der Waals surface area (Å²) >= 11 is 0. The first-order chi connectivity index (χ1) is 7.77.